The van der Waals surface area contributed by atoms with Gasteiger partial charge in [-0.3, -0.25) is 14.4 Å². The second kappa shape index (κ2) is 9.45. The molecule has 0 aliphatic carbocycles. The van der Waals surface area contributed by atoms with Crippen molar-refractivity contribution in [3.63, 3.8) is 0 Å². The van der Waals surface area contributed by atoms with Gasteiger partial charge in [0.15, 0.2) is 0 Å². The van der Waals surface area contributed by atoms with Gasteiger partial charge in [-0.05, 0) is 39.7 Å². The van der Waals surface area contributed by atoms with Crippen LogP contribution in [0.5, 0.6) is 5.75 Å². The monoisotopic (exact) mass is 413 g/mol. The van der Waals surface area contributed by atoms with Gasteiger partial charge in [0.2, 0.25) is 0 Å². The molecule has 1 fully saturated rings. The van der Waals surface area contributed by atoms with E-state index >= 15 is 0 Å². The van der Waals surface area contributed by atoms with Crippen LogP contribution in [0.4, 0.5) is 5.69 Å². The average molecular weight is 414 g/mol. The van der Waals surface area contributed by atoms with Crippen LogP contribution < -0.4 is 15.8 Å². The number of nitrogens with two attached hydrogens (primary N) is 1. The molecule has 1 aromatic carbocycles. The van der Waals surface area contributed by atoms with Gasteiger partial charge in [0.05, 0.1) is 42.6 Å². The number of benzene rings is 1. The third-order valence-corrected chi connectivity index (χ3v) is 4.44. The van der Waals surface area contributed by atoms with Gasteiger partial charge in [-0.25, -0.2) is 0 Å². The molecule has 156 valence electrons. The van der Waals surface area contributed by atoms with E-state index in [-0.39, 0.29) is 35.0 Å². The number of halogens is 1. The number of hydrogen-bond acceptors (Lipinski definition) is 7. The molecule has 3 N–H and O–H groups in total. The highest BCUT2D eigenvalue weighted by Crippen LogP contribution is 2.28. The van der Waals surface area contributed by atoms with E-state index in [2.05, 4.69) is 5.32 Å². The van der Waals surface area contributed by atoms with E-state index in [1.165, 1.54) is 19.2 Å². The fourth-order valence-electron chi connectivity index (χ4n) is 2.77. The molecule has 1 amide bonds. The molecule has 1 heterocycles. The molecule has 0 aromatic heterocycles. The van der Waals surface area contributed by atoms with E-state index in [9.17, 15) is 9.59 Å². The number of carbonyl (C=O) groups excluding carboxylic acids is 2. The summed E-state index contributed by atoms with van der Waals surface area (Å²) in [5.41, 5.74) is 5.79. The number of esters is 1. The minimum atomic E-state index is -0.547. The Hall–Kier alpha value is -2.03. The van der Waals surface area contributed by atoms with Crippen molar-refractivity contribution in [3.8, 4) is 5.75 Å². The highest BCUT2D eigenvalue weighted by molar-refractivity contribution is 6.33. The summed E-state index contributed by atoms with van der Waals surface area (Å²) in [6, 6.07) is 2.95. The van der Waals surface area contributed by atoms with Gasteiger partial charge in [0.25, 0.3) is 5.91 Å². The van der Waals surface area contributed by atoms with E-state index < -0.39 is 5.60 Å². The largest absolute Gasteiger partial charge is 0.496 e. The zero-order valence-electron chi connectivity index (χ0n) is 16.7. The third kappa shape index (κ3) is 6.25. The molecule has 0 spiro atoms. The standard InChI is InChI=1S/C19H28ClN3O5/c1-19(2,3)28-18(25)12-6-5-7-27-23(10-12)11-22-17(24)13-8-14(20)15(21)9-16(13)26-4/h8-9,12H,5-7,10-11,21H2,1-4H3,(H,22,24). The summed E-state index contributed by atoms with van der Waals surface area (Å²) in [7, 11) is 1.45. The molecule has 1 aromatic rings. The quantitative estimate of drug-likeness (QED) is 0.564. The van der Waals surface area contributed by atoms with Crippen LogP contribution in [0.2, 0.25) is 5.02 Å². The number of rotatable bonds is 5. The van der Waals surface area contributed by atoms with Crippen molar-refractivity contribution in [3.05, 3.63) is 22.7 Å². The second-order valence-electron chi connectivity index (χ2n) is 7.61. The van der Waals surface area contributed by atoms with E-state index in [0.29, 0.717) is 31.0 Å². The lowest BCUT2D eigenvalue weighted by Gasteiger charge is -2.26. The zero-order valence-corrected chi connectivity index (χ0v) is 17.5. The first-order valence-corrected chi connectivity index (χ1v) is 9.50. The van der Waals surface area contributed by atoms with Crippen molar-refractivity contribution < 1.29 is 23.9 Å². The Morgan fingerprint density at radius 1 is 1.39 bits per heavy atom. The Balaban J connectivity index is 2.00. The summed E-state index contributed by atoms with van der Waals surface area (Å²) in [6.07, 6.45) is 1.40. The van der Waals surface area contributed by atoms with Crippen LogP contribution in [-0.4, -0.2) is 49.5 Å². The SMILES string of the molecule is COc1cc(N)c(Cl)cc1C(=O)NCN1CC(C(=O)OC(C)(C)C)CCCO1. The zero-order chi connectivity index (χ0) is 20.9. The third-order valence-electron chi connectivity index (χ3n) is 4.11. The van der Waals surface area contributed by atoms with Crippen LogP contribution in [-0.2, 0) is 14.4 Å². The summed E-state index contributed by atoms with van der Waals surface area (Å²) in [5.74, 6) is -0.649. The van der Waals surface area contributed by atoms with Gasteiger partial charge >= 0.3 is 5.97 Å². The first kappa shape index (κ1) is 22.3. The molecule has 0 saturated carbocycles. The lowest BCUT2D eigenvalue weighted by Crippen LogP contribution is -2.41. The molecule has 1 unspecified atom stereocenters. The van der Waals surface area contributed by atoms with E-state index in [1.54, 1.807) is 5.06 Å². The van der Waals surface area contributed by atoms with Crippen molar-refractivity contribution in [2.45, 2.75) is 39.2 Å². The number of nitrogens with one attached hydrogen (secondary N) is 1. The van der Waals surface area contributed by atoms with Crippen LogP contribution in [0, 0.1) is 5.92 Å². The van der Waals surface area contributed by atoms with Crippen molar-refractivity contribution in [2.24, 2.45) is 5.92 Å². The number of hydrogen-bond donors (Lipinski definition) is 2. The molecule has 1 atom stereocenters. The first-order valence-electron chi connectivity index (χ1n) is 9.12. The number of anilines is 1. The maximum atomic E-state index is 12.6. The number of carbonyl (C=O) groups is 2. The van der Waals surface area contributed by atoms with Crippen LogP contribution in [0.25, 0.3) is 0 Å². The minimum Gasteiger partial charge on any atom is -0.496 e. The molecular formula is C19H28ClN3O5. The molecule has 1 aliphatic heterocycles. The molecular weight excluding hydrogens is 386 g/mol. The van der Waals surface area contributed by atoms with Crippen molar-refractivity contribution >= 4 is 29.2 Å². The lowest BCUT2D eigenvalue weighted by atomic mass is 10.0. The maximum absolute atomic E-state index is 12.6. The number of methoxy groups -OCH3 is 1. The van der Waals surface area contributed by atoms with Gasteiger partial charge in [-0.2, -0.15) is 5.06 Å². The number of ether oxygens (including phenoxy) is 2. The predicted molar refractivity (Wildman–Crippen MR) is 106 cm³/mol. The molecule has 1 saturated heterocycles. The van der Waals surface area contributed by atoms with Crippen molar-refractivity contribution in [1.82, 2.24) is 10.4 Å². The number of amides is 1. The summed E-state index contributed by atoms with van der Waals surface area (Å²) in [6.45, 7) is 6.40. The fraction of sp³-hybridized carbons (Fsp3) is 0.579. The molecule has 9 heteroatoms. The predicted octanol–water partition coefficient (Wildman–Crippen LogP) is 2.60. The molecule has 1 aliphatic rings. The number of hydroxylamine groups is 2. The molecule has 8 nitrogen and oxygen atoms in total. The number of nitrogen functional groups attached to an aromatic ring is 1. The van der Waals surface area contributed by atoms with Crippen LogP contribution >= 0.6 is 11.6 Å². The topological polar surface area (TPSA) is 103 Å². The Bertz CT molecular complexity index is 720. The number of nitrogens with zero attached hydrogens (tertiary/aromatic N) is 1. The summed E-state index contributed by atoms with van der Waals surface area (Å²) in [5, 5.41) is 4.58. The molecule has 28 heavy (non-hydrogen) atoms. The van der Waals surface area contributed by atoms with Gasteiger partial charge in [0.1, 0.15) is 11.4 Å². The Labute approximate surface area is 170 Å². The van der Waals surface area contributed by atoms with Crippen molar-refractivity contribution in [1.29, 1.82) is 0 Å². The summed E-state index contributed by atoms with van der Waals surface area (Å²) >= 11 is 6.02. The van der Waals surface area contributed by atoms with Crippen LogP contribution in [0.1, 0.15) is 44.0 Å². The van der Waals surface area contributed by atoms with Gasteiger partial charge in [0, 0.05) is 12.6 Å². The van der Waals surface area contributed by atoms with Gasteiger partial charge in [-0.15, -0.1) is 0 Å². The average Bonchev–Trinajstić information content (AvgIpc) is 2.86. The van der Waals surface area contributed by atoms with Gasteiger partial charge in [-0.1, -0.05) is 11.6 Å². The van der Waals surface area contributed by atoms with E-state index in [1.807, 2.05) is 20.8 Å². The smallest absolute Gasteiger partial charge is 0.310 e. The van der Waals surface area contributed by atoms with E-state index in [4.69, 9.17) is 31.6 Å². The Morgan fingerprint density at radius 2 is 2.11 bits per heavy atom. The van der Waals surface area contributed by atoms with E-state index in [0.717, 1.165) is 6.42 Å². The van der Waals surface area contributed by atoms with Gasteiger partial charge < -0.3 is 20.5 Å². The highest BCUT2D eigenvalue weighted by atomic mass is 35.5. The first-order chi connectivity index (χ1) is 13.1. The minimum absolute atomic E-state index is 0.100. The maximum Gasteiger partial charge on any atom is 0.310 e. The highest BCUT2D eigenvalue weighted by Gasteiger charge is 2.29. The summed E-state index contributed by atoms with van der Waals surface area (Å²) < 4.78 is 10.7. The molecule has 0 bridgehead atoms. The Kier molecular flexibility index (Phi) is 7.51. The lowest BCUT2D eigenvalue weighted by molar-refractivity contribution is -0.174. The molecule has 2 rings (SSSR count). The van der Waals surface area contributed by atoms with Crippen LogP contribution in [0.15, 0.2) is 12.1 Å². The second-order valence-corrected chi connectivity index (χ2v) is 8.02. The van der Waals surface area contributed by atoms with Crippen LogP contribution in [0.3, 0.4) is 0 Å². The fourth-order valence-corrected chi connectivity index (χ4v) is 2.94. The Morgan fingerprint density at radius 3 is 2.75 bits per heavy atom. The van der Waals surface area contributed by atoms with Crippen molar-refractivity contribution in [2.75, 3.05) is 32.7 Å². The molecule has 0 radical (unpaired) electrons. The summed E-state index contributed by atoms with van der Waals surface area (Å²) in [4.78, 5) is 30.6. The normalized spacial score (nSPS) is 18.2.